The molecule has 0 spiro atoms. The van der Waals surface area contributed by atoms with Crippen LogP contribution in [0.15, 0.2) is 77.4 Å². The minimum atomic E-state index is 0.392. The quantitative estimate of drug-likeness (QED) is 0.435. The van der Waals surface area contributed by atoms with Gasteiger partial charge >= 0.3 is 0 Å². The van der Waals surface area contributed by atoms with Crippen molar-refractivity contribution in [3.8, 4) is 0 Å². The summed E-state index contributed by atoms with van der Waals surface area (Å²) in [5.74, 6) is 1.81. The molecule has 7 nitrogen and oxygen atoms in total. The van der Waals surface area contributed by atoms with E-state index in [1.54, 1.807) is 7.11 Å². The first-order valence-corrected chi connectivity index (χ1v) is 10.9. The van der Waals surface area contributed by atoms with Crippen molar-refractivity contribution in [3.63, 3.8) is 0 Å². The van der Waals surface area contributed by atoms with Crippen LogP contribution in [0.3, 0.4) is 0 Å². The number of anilines is 1. The van der Waals surface area contributed by atoms with Crippen LogP contribution < -0.4 is 10.6 Å². The summed E-state index contributed by atoms with van der Waals surface area (Å²) in [6, 6.07) is 0. The van der Waals surface area contributed by atoms with Crippen molar-refractivity contribution >= 4 is 17.9 Å². The van der Waals surface area contributed by atoms with Gasteiger partial charge in [-0.1, -0.05) is 61.1 Å². The maximum absolute atomic E-state index is 11.6. The fraction of sp³-hybridized carbons (Fsp3) is 0.320. The average molecular weight is 434 g/mol. The molecule has 0 saturated carbocycles. The first kappa shape index (κ1) is 23.1. The molecule has 0 radical (unpaired) electrons. The molecular formula is C25H31N5O2. The van der Waals surface area contributed by atoms with Gasteiger partial charge in [0, 0.05) is 17.7 Å². The smallest absolute Gasteiger partial charge is 0.237 e. The third-order valence-corrected chi connectivity index (χ3v) is 5.05. The van der Waals surface area contributed by atoms with Crippen molar-refractivity contribution in [1.29, 1.82) is 0 Å². The number of nitrogens with one attached hydrogen (secondary N) is 2. The first-order chi connectivity index (χ1) is 15.6. The number of aromatic nitrogens is 3. The summed E-state index contributed by atoms with van der Waals surface area (Å²) < 4.78 is 6.80. The van der Waals surface area contributed by atoms with Crippen molar-refractivity contribution in [2.45, 2.75) is 39.5 Å². The maximum Gasteiger partial charge on any atom is 0.237 e. The Kier molecular flexibility index (Phi) is 8.43. The lowest BCUT2D eigenvalue weighted by atomic mass is 10.1. The highest BCUT2D eigenvalue weighted by molar-refractivity contribution is 5.68. The number of carbonyl (C=O) groups is 1. The Morgan fingerprint density at radius 1 is 1.19 bits per heavy atom. The van der Waals surface area contributed by atoms with Crippen LogP contribution in [0.5, 0.6) is 0 Å². The second kappa shape index (κ2) is 11.7. The van der Waals surface area contributed by atoms with Gasteiger partial charge in [-0.3, -0.25) is 4.79 Å². The van der Waals surface area contributed by atoms with Gasteiger partial charge < -0.3 is 15.4 Å². The summed E-state index contributed by atoms with van der Waals surface area (Å²) in [7, 11) is 1.68. The van der Waals surface area contributed by atoms with E-state index in [0.29, 0.717) is 31.1 Å². The lowest BCUT2D eigenvalue weighted by molar-refractivity contribution is 0.278. The van der Waals surface area contributed by atoms with Crippen molar-refractivity contribution in [2.24, 2.45) is 0 Å². The van der Waals surface area contributed by atoms with Crippen LogP contribution in [0.2, 0.25) is 0 Å². The molecule has 0 bridgehead atoms. The highest BCUT2D eigenvalue weighted by Crippen LogP contribution is 2.21. The molecule has 32 heavy (non-hydrogen) atoms. The number of rotatable bonds is 9. The molecule has 2 N–H and O–H groups in total. The third kappa shape index (κ3) is 6.20. The largest absolute Gasteiger partial charge is 0.499 e. The molecule has 0 fully saturated rings. The zero-order chi connectivity index (χ0) is 22.8. The SMILES string of the molecule is CC/C=C(/CNC1=C(\OC)C/C=C\C/C=C\1)Nc1nc(C2=CC=C(C)C=CC2)nn1C=O. The van der Waals surface area contributed by atoms with Crippen molar-refractivity contribution in [2.75, 3.05) is 19.0 Å². The summed E-state index contributed by atoms with van der Waals surface area (Å²) in [5.41, 5.74) is 3.96. The van der Waals surface area contributed by atoms with Gasteiger partial charge in [0.15, 0.2) is 5.82 Å². The number of nitrogens with zero attached hydrogens (tertiary/aromatic N) is 3. The van der Waals surface area contributed by atoms with Crippen LogP contribution in [0.25, 0.3) is 5.57 Å². The van der Waals surface area contributed by atoms with E-state index in [2.05, 4.69) is 64.1 Å². The molecule has 0 unspecified atom stereocenters. The van der Waals surface area contributed by atoms with E-state index in [0.717, 1.165) is 47.6 Å². The predicted octanol–water partition coefficient (Wildman–Crippen LogP) is 4.67. The fourth-order valence-electron chi connectivity index (χ4n) is 3.36. The van der Waals surface area contributed by atoms with Crippen LogP contribution in [0.1, 0.15) is 45.4 Å². The molecule has 2 aliphatic rings. The fourth-order valence-corrected chi connectivity index (χ4v) is 3.36. The minimum absolute atomic E-state index is 0.392. The Morgan fingerprint density at radius 2 is 2.06 bits per heavy atom. The summed E-state index contributed by atoms with van der Waals surface area (Å²) in [6.45, 7) is 4.63. The second-order valence-corrected chi connectivity index (χ2v) is 7.49. The lowest BCUT2D eigenvalue weighted by Gasteiger charge is -2.16. The van der Waals surface area contributed by atoms with Gasteiger partial charge in [0.25, 0.3) is 0 Å². The van der Waals surface area contributed by atoms with E-state index in [9.17, 15) is 4.79 Å². The number of hydrogen-bond acceptors (Lipinski definition) is 6. The van der Waals surface area contributed by atoms with Crippen LogP contribution in [0.4, 0.5) is 5.95 Å². The molecule has 2 aliphatic carbocycles. The van der Waals surface area contributed by atoms with E-state index >= 15 is 0 Å². The van der Waals surface area contributed by atoms with Gasteiger partial charge in [0.2, 0.25) is 12.4 Å². The molecule has 1 aromatic heterocycles. The zero-order valence-electron chi connectivity index (χ0n) is 19.0. The molecular weight excluding hydrogens is 402 g/mol. The molecule has 0 aliphatic heterocycles. The Balaban J connectivity index is 1.78. The number of carbonyl (C=O) groups excluding carboxylic acids is 1. The van der Waals surface area contributed by atoms with Crippen LogP contribution in [-0.2, 0) is 9.53 Å². The number of methoxy groups -OCH3 is 1. The van der Waals surface area contributed by atoms with E-state index < -0.39 is 0 Å². The third-order valence-electron chi connectivity index (χ3n) is 5.05. The molecule has 0 atom stereocenters. The highest BCUT2D eigenvalue weighted by Gasteiger charge is 2.15. The van der Waals surface area contributed by atoms with Gasteiger partial charge in [0.1, 0.15) is 5.76 Å². The zero-order valence-corrected chi connectivity index (χ0v) is 19.0. The molecule has 0 amide bonds. The predicted molar refractivity (Wildman–Crippen MR) is 129 cm³/mol. The molecule has 7 heteroatoms. The topological polar surface area (TPSA) is 81.1 Å². The summed E-state index contributed by atoms with van der Waals surface area (Å²) >= 11 is 0. The normalized spacial score (nSPS) is 20.9. The summed E-state index contributed by atoms with van der Waals surface area (Å²) in [4.78, 5) is 16.2. The molecule has 0 aromatic carbocycles. The van der Waals surface area contributed by atoms with Crippen molar-refractivity contribution in [3.05, 3.63) is 83.2 Å². The van der Waals surface area contributed by atoms with E-state index in [1.165, 1.54) is 4.68 Å². The molecule has 1 heterocycles. The average Bonchev–Trinajstić information content (AvgIpc) is 3.05. The second-order valence-electron chi connectivity index (χ2n) is 7.49. The molecule has 3 rings (SSSR count). The Morgan fingerprint density at radius 3 is 2.84 bits per heavy atom. The van der Waals surface area contributed by atoms with E-state index in [1.807, 2.05) is 25.2 Å². The molecule has 0 saturated heterocycles. The van der Waals surface area contributed by atoms with Gasteiger partial charge in [-0.05, 0) is 32.3 Å². The Bertz CT molecular complexity index is 1030. The maximum atomic E-state index is 11.6. The first-order valence-electron chi connectivity index (χ1n) is 10.9. The monoisotopic (exact) mass is 433 g/mol. The lowest BCUT2D eigenvalue weighted by Crippen LogP contribution is -2.22. The van der Waals surface area contributed by atoms with E-state index in [-0.39, 0.29) is 0 Å². The van der Waals surface area contributed by atoms with Gasteiger partial charge in [-0.15, -0.1) is 5.10 Å². The van der Waals surface area contributed by atoms with Gasteiger partial charge in [-0.2, -0.15) is 9.67 Å². The Labute approximate surface area is 189 Å². The van der Waals surface area contributed by atoms with E-state index in [4.69, 9.17) is 4.74 Å². The summed E-state index contributed by atoms with van der Waals surface area (Å²) in [6.07, 6.45) is 22.4. The Hall–Kier alpha value is -3.61. The van der Waals surface area contributed by atoms with Crippen LogP contribution in [-0.4, -0.2) is 34.8 Å². The van der Waals surface area contributed by atoms with Gasteiger partial charge in [-0.25, -0.2) is 0 Å². The van der Waals surface area contributed by atoms with Crippen LogP contribution >= 0.6 is 0 Å². The van der Waals surface area contributed by atoms with Crippen molar-refractivity contribution < 1.29 is 9.53 Å². The molecule has 168 valence electrons. The van der Waals surface area contributed by atoms with Gasteiger partial charge in [0.05, 0.1) is 19.4 Å². The number of hydrogen-bond donors (Lipinski definition) is 2. The summed E-state index contributed by atoms with van der Waals surface area (Å²) in [5, 5.41) is 11.1. The van der Waals surface area contributed by atoms with Crippen molar-refractivity contribution in [1.82, 2.24) is 20.1 Å². The standard InChI is InChI=1S/C25H31N5O2/c1-4-10-21(17-26-22-13-7-5-6-8-14-23(22)32-3)27-25-28-24(29-30(25)18-31)20-12-9-11-19(2)15-16-20/h6-11,13,15-16,18,26H,4-5,12,14,17H2,1-3H3,(H,27,28,29)/b8-6-,13-7-,21-10-,23-22-. The molecule has 1 aromatic rings. The number of allylic oxidation sites excluding steroid dienone is 11. The minimum Gasteiger partial charge on any atom is -0.499 e. The van der Waals surface area contributed by atoms with Crippen LogP contribution in [0, 0.1) is 0 Å². The highest BCUT2D eigenvalue weighted by atomic mass is 16.5. The number of ether oxygens (including phenoxy) is 1.